The predicted molar refractivity (Wildman–Crippen MR) is 83.1 cm³/mol. The molecular weight excluding hydrogens is 250 g/mol. The number of nitrogens with zero attached hydrogens (tertiary/aromatic N) is 2. The van der Waals surface area contributed by atoms with Crippen molar-refractivity contribution in [2.75, 3.05) is 31.6 Å². The van der Waals surface area contributed by atoms with Crippen LogP contribution in [0.1, 0.15) is 31.5 Å². The van der Waals surface area contributed by atoms with E-state index >= 15 is 0 Å². The first-order valence-corrected chi connectivity index (χ1v) is 7.54. The number of nitrogens with one attached hydrogen (secondary N) is 1. The third-order valence-corrected chi connectivity index (χ3v) is 3.79. The van der Waals surface area contributed by atoms with Crippen LogP contribution in [0.3, 0.4) is 0 Å². The van der Waals surface area contributed by atoms with Crippen LogP contribution in [0.5, 0.6) is 0 Å². The highest BCUT2D eigenvalue weighted by atomic mass is 16.5. The molecular formula is C16H27N3O. The quantitative estimate of drug-likeness (QED) is 0.866. The zero-order valence-electron chi connectivity index (χ0n) is 13.1. The fourth-order valence-corrected chi connectivity index (χ4v) is 2.64. The maximum atomic E-state index is 5.47. The van der Waals surface area contributed by atoms with E-state index in [0.717, 1.165) is 38.3 Å². The molecule has 1 aliphatic heterocycles. The predicted octanol–water partition coefficient (Wildman–Crippen LogP) is 2.36. The van der Waals surface area contributed by atoms with Crippen molar-refractivity contribution in [3.8, 4) is 0 Å². The summed E-state index contributed by atoms with van der Waals surface area (Å²) in [6.45, 7) is 10.5. The molecule has 1 aromatic heterocycles. The van der Waals surface area contributed by atoms with E-state index in [4.69, 9.17) is 4.74 Å². The van der Waals surface area contributed by atoms with Crippen molar-refractivity contribution in [2.24, 2.45) is 5.92 Å². The highest BCUT2D eigenvalue weighted by molar-refractivity contribution is 5.54. The molecule has 1 aliphatic rings. The Morgan fingerprint density at radius 3 is 2.95 bits per heavy atom. The molecule has 1 atom stereocenters. The Labute approximate surface area is 122 Å². The number of anilines is 1. The zero-order valence-corrected chi connectivity index (χ0v) is 13.1. The van der Waals surface area contributed by atoms with Gasteiger partial charge in [0.05, 0.1) is 6.10 Å². The number of hydrogen-bond acceptors (Lipinski definition) is 4. The molecule has 0 spiro atoms. The van der Waals surface area contributed by atoms with Gasteiger partial charge in [-0.2, -0.15) is 0 Å². The minimum absolute atomic E-state index is 0.361. The van der Waals surface area contributed by atoms with Gasteiger partial charge in [-0.05, 0) is 31.9 Å². The summed E-state index contributed by atoms with van der Waals surface area (Å²) in [4.78, 5) is 6.88. The van der Waals surface area contributed by atoms with E-state index in [1.165, 1.54) is 11.3 Å². The molecule has 1 saturated heterocycles. The molecule has 0 aromatic carbocycles. The number of ether oxygens (including phenoxy) is 1. The minimum Gasteiger partial charge on any atom is -0.380 e. The Hall–Kier alpha value is -1.13. The molecule has 112 valence electrons. The number of methoxy groups -OCH3 is 1. The summed E-state index contributed by atoms with van der Waals surface area (Å²) >= 11 is 0. The Bertz CT molecular complexity index is 434. The first kappa shape index (κ1) is 15.3. The van der Waals surface area contributed by atoms with Gasteiger partial charge in [0, 0.05) is 49.9 Å². The average molecular weight is 277 g/mol. The molecule has 0 bridgehead atoms. The molecule has 0 saturated carbocycles. The standard InChI is InChI=1S/C16H27N3O/c1-12(2)8-17-9-14-10-18-13(3)7-16(14)19-6-5-15(11-19)20-4/h7,10,12,15,17H,5-6,8-9,11H2,1-4H3. The molecule has 4 nitrogen and oxygen atoms in total. The van der Waals surface area contributed by atoms with Crippen molar-refractivity contribution in [3.63, 3.8) is 0 Å². The van der Waals surface area contributed by atoms with Crippen LogP contribution in [0.2, 0.25) is 0 Å². The number of aryl methyl sites for hydroxylation is 1. The van der Waals surface area contributed by atoms with E-state index in [1.807, 2.05) is 6.20 Å². The molecule has 2 heterocycles. The minimum atomic E-state index is 0.361. The summed E-state index contributed by atoms with van der Waals surface area (Å²) in [5.41, 5.74) is 3.68. The fraction of sp³-hybridized carbons (Fsp3) is 0.688. The van der Waals surface area contributed by atoms with Gasteiger partial charge < -0.3 is 15.0 Å². The highest BCUT2D eigenvalue weighted by Crippen LogP contribution is 2.26. The molecule has 0 radical (unpaired) electrons. The van der Waals surface area contributed by atoms with Gasteiger partial charge in [0.1, 0.15) is 0 Å². The van der Waals surface area contributed by atoms with Crippen molar-refractivity contribution in [3.05, 3.63) is 23.5 Å². The van der Waals surface area contributed by atoms with E-state index in [-0.39, 0.29) is 0 Å². The van der Waals surface area contributed by atoms with Crippen LogP contribution in [0.15, 0.2) is 12.3 Å². The van der Waals surface area contributed by atoms with Gasteiger partial charge in [0.15, 0.2) is 0 Å². The largest absolute Gasteiger partial charge is 0.380 e. The maximum Gasteiger partial charge on any atom is 0.0762 e. The molecule has 0 amide bonds. The summed E-state index contributed by atoms with van der Waals surface area (Å²) in [5.74, 6) is 0.668. The van der Waals surface area contributed by atoms with Crippen LogP contribution < -0.4 is 10.2 Å². The molecule has 1 unspecified atom stereocenters. The van der Waals surface area contributed by atoms with E-state index in [1.54, 1.807) is 7.11 Å². The summed E-state index contributed by atoms with van der Waals surface area (Å²) in [7, 11) is 1.80. The van der Waals surface area contributed by atoms with Gasteiger partial charge in [-0.15, -0.1) is 0 Å². The normalized spacial score (nSPS) is 19.1. The molecule has 1 aromatic rings. The second-order valence-electron chi connectivity index (χ2n) is 6.07. The van der Waals surface area contributed by atoms with Crippen molar-refractivity contribution >= 4 is 5.69 Å². The second-order valence-corrected chi connectivity index (χ2v) is 6.07. The monoisotopic (exact) mass is 277 g/mol. The summed E-state index contributed by atoms with van der Waals surface area (Å²) in [6.07, 6.45) is 3.48. The molecule has 1 N–H and O–H groups in total. The van der Waals surface area contributed by atoms with Crippen LogP contribution in [0.25, 0.3) is 0 Å². The third-order valence-electron chi connectivity index (χ3n) is 3.79. The van der Waals surface area contributed by atoms with Crippen LogP contribution in [0, 0.1) is 12.8 Å². The number of pyridine rings is 1. The van der Waals surface area contributed by atoms with Gasteiger partial charge in [0.25, 0.3) is 0 Å². The van der Waals surface area contributed by atoms with Crippen LogP contribution in [0.4, 0.5) is 5.69 Å². The molecule has 1 fully saturated rings. The first-order chi connectivity index (χ1) is 9.60. The second kappa shape index (κ2) is 7.04. The van der Waals surface area contributed by atoms with Crippen molar-refractivity contribution < 1.29 is 4.74 Å². The Kier molecular flexibility index (Phi) is 5.38. The van der Waals surface area contributed by atoms with Crippen LogP contribution >= 0.6 is 0 Å². The van der Waals surface area contributed by atoms with Gasteiger partial charge in [0.2, 0.25) is 0 Å². The Balaban J connectivity index is 2.08. The molecule has 20 heavy (non-hydrogen) atoms. The van der Waals surface area contributed by atoms with Crippen molar-refractivity contribution in [1.29, 1.82) is 0 Å². The van der Waals surface area contributed by atoms with Gasteiger partial charge in [-0.25, -0.2) is 0 Å². The van der Waals surface area contributed by atoms with E-state index in [0.29, 0.717) is 12.0 Å². The zero-order chi connectivity index (χ0) is 14.5. The van der Waals surface area contributed by atoms with Crippen molar-refractivity contribution in [1.82, 2.24) is 10.3 Å². The Morgan fingerprint density at radius 1 is 1.50 bits per heavy atom. The highest BCUT2D eigenvalue weighted by Gasteiger charge is 2.24. The molecule has 2 rings (SSSR count). The number of aromatic nitrogens is 1. The van der Waals surface area contributed by atoms with Gasteiger partial charge >= 0.3 is 0 Å². The lowest BCUT2D eigenvalue weighted by molar-refractivity contribution is 0.121. The Morgan fingerprint density at radius 2 is 2.30 bits per heavy atom. The van der Waals surface area contributed by atoms with Crippen LogP contribution in [-0.4, -0.2) is 37.8 Å². The first-order valence-electron chi connectivity index (χ1n) is 7.54. The summed E-state index contributed by atoms with van der Waals surface area (Å²) in [6, 6.07) is 2.20. The average Bonchev–Trinajstić information content (AvgIpc) is 2.88. The summed E-state index contributed by atoms with van der Waals surface area (Å²) < 4.78 is 5.47. The van der Waals surface area contributed by atoms with Crippen LogP contribution in [-0.2, 0) is 11.3 Å². The van der Waals surface area contributed by atoms with Crippen molar-refractivity contribution in [2.45, 2.75) is 39.8 Å². The van der Waals surface area contributed by atoms with E-state index < -0.39 is 0 Å². The summed E-state index contributed by atoms with van der Waals surface area (Å²) in [5, 5.41) is 3.51. The van der Waals surface area contributed by atoms with E-state index in [9.17, 15) is 0 Å². The topological polar surface area (TPSA) is 37.4 Å². The lowest BCUT2D eigenvalue weighted by atomic mass is 10.1. The smallest absolute Gasteiger partial charge is 0.0762 e. The number of rotatable bonds is 6. The lowest BCUT2D eigenvalue weighted by Crippen LogP contribution is -2.26. The van der Waals surface area contributed by atoms with Gasteiger partial charge in [-0.3, -0.25) is 4.98 Å². The third kappa shape index (κ3) is 3.93. The molecule has 0 aliphatic carbocycles. The fourth-order valence-electron chi connectivity index (χ4n) is 2.64. The van der Waals surface area contributed by atoms with Gasteiger partial charge in [-0.1, -0.05) is 13.8 Å². The number of hydrogen-bond donors (Lipinski definition) is 1. The lowest BCUT2D eigenvalue weighted by Gasteiger charge is -2.22. The maximum absolute atomic E-state index is 5.47. The SMILES string of the molecule is COC1CCN(c2cc(C)ncc2CNCC(C)C)C1. The molecule has 4 heteroatoms. The van der Waals surface area contributed by atoms with E-state index in [2.05, 4.69) is 42.0 Å².